The number of benzene rings is 8. The van der Waals surface area contributed by atoms with Crippen LogP contribution in [0.15, 0.2) is 106 Å². The highest BCUT2D eigenvalue weighted by atomic mass is 79.9. The molecule has 0 heterocycles. The summed E-state index contributed by atoms with van der Waals surface area (Å²) in [6.45, 7) is 19.7. The molecule has 29 heteroatoms. The summed E-state index contributed by atoms with van der Waals surface area (Å²) in [7, 11) is 0. The lowest BCUT2D eigenvalue weighted by Crippen LogP contribution is -2.10. The minimum Gasteiger partial charge on any atom is -0.207 e. The van der Waals surface area contributed by atoms with Crippen LogP contribution in [0.3, 0.4) is 0 Å². The van der Waals surface area contributed by atoms with Crippen LogP contribution in [0.5, 0.6) is 0 Å². The average molecular weight is 1550 g/mol. The highest BCUT2D eigenvalue weighted by molar-refractivity contribution is 9.11. The van der Waals surface area contributed by atoms with E-state index >= 15 is 0 Å². The van der Waals surface area contributed by atoms with E-state index in [1.54, 1.807) is 27.7 Å². The van der Waals surface area contributed by atoms with Gasteiger partial charge in [0.1, 0.15) is 58.2 Å². The van der Waals surface area contributed by atoms with Crippen LogP contribution in [0, 0.1) is 148 Å². The molecule has 0 N–H and O–H groups in total. The molecule has 0 saturated heterocycles. The van der Waals surface area contributed by atoms with Gasteiger partial charge in [0, 0.05) is 20.0 Å². The Morgan fingerprint density at radius 2 is 0.495 bits per heavy atom. The second-order valence-corrected chi connectivity index (χ2v) is 22.9. The van der Waals surface area contributed by atoms with E-state index in [2.05, 4.69) is 31.9 Å². The van der Waals surface area contributed by atoms with E-state index in [-0.39, 0.29) is 55.6 Å². The van der Waals surface area contributed by atoms with Gasteiger partial charge in [0.2, 0.25) is 0 Å². The highest BCUT2D eigenvalue weighted by Gasteiger charge is 2.38. The van der Waals surface area contributed by atoms with Crippen molar-refractivity contribution in [3.05, 3.63) is 274 Å². The van der Waals surface area contributed by atoms with Crippen molar-refractivity contribution in [1.29, 1.82) is 0 Å². The molecule has 8 aromatic carbocycles. The number of hydrogen-bond acceptors (Lipinski definition) is 0. The molecule has 0 nitrogen and oxygen atoms in total. The van der Waals surface area contributed by atoms with Crippen LogP contribution in [0.4, 0.5) is 110 Å². The minimum atomic E-state index is -4.85. The Labute approximate surface area is 557 Å². The molecule has 0 aliphatic heterocycles. The van der Waals surface area contributed by atoms with E-state index in [9.17, 15) is 110 Å². The van der Waals surface area contributed by atoms with Gasteiger partial charge in [0.05, 0.1) is 32.8 Å². The third-order valence-corrected chi connectivity index (χ3v) is 16.1. The van der Waals surface area contributed by atoms with E-state index in [1.807, 2.05) is 13.8 Å². The van der Waals surface area contributed by atoms with E-state index in [0.717, 1.165) is 70.0 Å². The van der Waals surface area contributed by atoms with Crippen molar-refractivity contribution in [2.75, 3.05) is 0 Å². The van der Waals surface area contributed by atoms with Gasteiger partial charge < -0.3 is 0 Å². The quantitative estimate of drug-likeness (QED) is 0.133. The number of aryl methyl sites for hydroxylation is 11. The van der Waals surface area contributed by atoms with Gasteiger partial charge in [0.25, 0.3) is 0 Å². The van der Waals surface area contributed by atoms with E-state index in [4.69, 9.17) is 23.2 Å². The van der Waals surface area contributed by atoms with Gasteiger partial charge in [-0.2, -0.15) is 65.9 Å². The van der Waals surface area contributed by atoms with Crippen LogP contribution >= 0.6 is 55.1 Å². The maximum atomic E-state index is 12.8. The summed E-state index contributed by atoms with van der Waals surface area (Å²) >= 11 is 17.3. The molecule has 522 valence electrons. The van der Waals surface area contributed by atoms with Crippen molar-refractivity contribution in [2.24, 2.45) is 0 Å². The van der Waals surface area contributed by atoms with Crippen molar-refractivity contribution in [1.82, 2.24) is 0 Å². The first-order chi connectivity index (χ1) is 42.9. The zero-order valence-corrected chi connectivity index (χ0v) is 56.4. The topological polar surface area (TPSA) is 0 Å². The lowest BCUT2D eigenvalue weighted by atomic mass is 10.0. The SMILES string of the molecule is Cc1cc(F)cc(C(F)(F)F)c1Br.Cc1cc(F)cc(C(F)(F)F)c1C.Cc1cc(F)cc(C(F)(F)F)c1Cl.Cc1cc(F)cc(C(F)(F)F)c1F.Cc1cc(F)cc(C)c1Br.Cc1cc(F)cc(C)c1C(F)(F)F.Cc1cc(F)cc(C)c1Cl.Cc1cc(F)cc(F)c1C. The largest absolute Gasteiger partial charge is 0.419 e. The Bertz CT molecular complexity index is 3430. The van der Waals surface area contributed by atoms with Crippen LogP contribution in [-0.2, 0) is 30.9 Å². The molecule has 8 aromatic rings. The van der Waals surface area contributed by atoms with Crippen molar-refractivity contribution in [2.45, 2.75) is 121 Å². The summed E-state index contributed by atoms with van der Waals surface area (Å²) in [5.74, 6) is -7.20. The second-order valence-electron chi connectivity index (χ2n) is 20.6. The molecule has 0 aliphatic rings. The zero-order chi connectivity index (χ0) is 74.3. The van der Waals surface area contributed by atoms with Gasteiger partial charge in [0.15, 0.2) is 0 Å². The first-order valence-corrected chi connectivity index (χ1v) is 28.8. The monoisotopic (exact) mass is 1550 g/mol. The van der Waals surface area contributed by atoms with Crippen LogP contribution in [-0.4, -0.2) is 0 Å². The van der Waals surface area contributed by atoms with Crippen LogP contribution in [0.2, 0.25) is 10.0 Å². The molecular weight excluding hydrogens is 1500 g/mol. The van der Waals surface area contributed by atoms with Gasteiger partial charge in [-0.1, -0.05) is 39.1 Å². The Hall–Kier alpha value is -6.45. The van der Waals surface area contributed by atoms with E-state index < -0.39 is 110 Å². The van der Waals surface area contributed by atoms with Crippen molar-refractivity contribution >= 4 is 55.1 Å². The van der Waals surface area contributed by atoms with Crippen molar-refractivity contribution < 1.29 is 110 Å². The number of rotatable bonds is 0. The van der Waals surface area contributed by atoms with Gasteiger partial charge in [-0.15, -0.1) is 0 Å². The summed E-state index contributed by atoms with van der Waals surface area (Å²) in [5.41, 5.74) is -0.502. The molecule has 0 unspecified atom stereocenters. The average Bonchev–Trinajstić information content (AvgIpc) is 0.845. The first kappa shape index (κ1) is 86.6. The maximum absolute atomic E-state index is 12.8. The second kappa shape index (κ2) is 35.7. The van der Waals surface area contributed by atoms with Crippen molar-refractivity contribution in [3.63, 3.8) is 0 Å². The molecule has 0 aromatic heterocycles. The summed E-state index contributed by atoms with van der Waals surface area (Å²) in [4.78, 5) is 0. The number of alkyl halides is 15. The van der Waals surface area contributed by atoms with Gasteiger partial charge in [-0.3, -0.25) is 0 Å². The predicted octanol–water partition coefficient (Wildman–Crippen LogP) is 26.8. The fourth-order valence-corrected chi connectivity index (χ4v) is 8.83. The normalized spacial score (nSPS) is 11.3. The summed E-state index contributed by atoms with van der Waals surface area (Å²) in [5, 5.41) is 0.204. The predicted molar refractivity (Wildman–Crippen MR) is 323 cm³/mol. The third kappa shape index (κ3) is 27.9. The Morgan fingerprint density at radius 1 is 0.242 bits per heavy atom. The van der Waals surface area contributed by atoms with Crippen LogP contribution < -0.4 is 0 Å². The molecule has 0 bridgehead atoms. The zero-order valence-electron chi connectivity index (χ0n) is 51.7. The number of hydrogen-bond donors (Lipinski definition) is 0. The molecule has 0 fully saturated rings. The Morgan fingerprint density at radius 3 is 0.842 bits per heavy atom. The van der Waals surface area contributed by atoms with Gasteiger partial charge in [-0.25, -0.2) is 43.9 Å². The van der Waals surface area contributed by atoms with E-state index in [1.165, 1.54) is 71.9 Å². The molecule has 8 rings (SSSR count). The lowest BCUT2D eigenvalue weighted by Gasteiger charge is -2.12. The van der Waals surface area contributed by atoms with Gasteiger partial charge in [-0.05, 0) is 269 Å². The van der Waals surface area contributed by atoms with Gasteiger partial charge >= 0.3 is 30.9 Å². The highest BCUT2D eigenvalue weighted by Crippen LogP contribution is 2.40. The van der Waals surface area contributed by atoms with Crippen LogP contribution in [0.25, 0.3) is 0 Å². The molecule has 0 amide bonds. The smallest absolute Gasteiger partial charge is 0.207 e. The molecule has 0 saturated carbocycles. The lowest BCUT2D eigenvalue weighted by molar-refractivity contribution is -0.140. The molecule has 95 heavy (non-hydrogen) atoms. The molecule has 0 atom stereocenters. The van der Waals surface area contributed by atoms with Crippen LogP contribution in [0.1, 0.15) is 100 Å². The molecule has 0 aliphatic carbocycles. The number of halogens is 29. The summed E-state index contributed by atoms with van der Waals surface area (Å²) in [6, 6.07) is 15.2. The standard InChI is InChI=1S/2C9H8F4.C8H5BrF4.C8H8BrF.C8H5ClF4.C8H8ClF.C8H5F5.C8H8F2/c1-5-3-7(10)4-8(6(5)2)9(11,12)13;1-5-3-7(10)4-6(2)8(5)9(11,12)13;1-4-2-5(10)3-6(7(4)9)8(11,12)13;1-5-3-7(10)4-6(2)8(5)9;1-4-2-5(10)3-6(7(4)9)8(11,12)13;1-5-3-7(10)4-6(2)8(5)9;1-4-2-5(9)3-6(7(4)10)8(11,12)13;1-5-3-7(9)4-8(10)6(5)2/h2*3-4H,1-2H3;2-3H,1H3;3-4H,1-2H3;2-3H,1H3;3-4H,1-2H3;2-3H,1H3;3-4H,1-2H3. The van der Waals surface area contributed by atoms with E-state index in [0.29, 0.717) is 46.0 Å². The summed E-state index contributed by atoms with van der Waals surface area (Å²) < 4.78 is 310. The van der Waals surface area contributed by atoms with Crippen molar-refractivity contribution in [3.8, 4) is 0 Å². The third-order valence-electron chi connectivity index (χ3n) is 12.7. The summed E-state index contributed by atoms with van der Waals surface area (Å²) in [6.07, 6.45) is -22.9. The fourth-order valence-electron chi connectivity index (χ4n) is 7.82. The minimum absolute atomic E-state index is 0.0777. The first-order valence-electron chi connectivity index (χ1n) is 26.5. The Kier molecular flexibility index (Phi) is 32.5. The maximum Gasteiger partial charge on any atom is 0.419 e. The molecular formula is C66H55Br2Cl2F25. The molecule has 0 radical (unpaired) electrons. The fraction of sp³-hybridized carbons (Fsp3) is 0.273. The Balaban J connectivity index is 0.000000544. The molecule has 0 spiro atoms.